The number of esters is 1. The minimum Gasteiger partial charge on any atom is -0.466 e. The van der Waals surface area contributed by atoms with Crippen molar-refractivity contribution in [3.8, 4) is 0 Å². The summed E-state index contributed by atoms with van der Waals surface area (Å²) < 4.78 is 5.50. The summed E-state index contributed by atoms with van der Waals surface area (Å²) in [6, 6.07) is -0.540. The van der Waals surface area contributed by atoms with Gasteiger partial charge in [0.25, 0.3) is 0 Å². The molecule has 0 fully saturated rings. The summed E-state index contributed by atoms with van der Waals surface area (Å²) in [5.74, 6) is -0.00399. The van der Waals surface area contributed by atoms with Gasteiger partial charge in [0.05, 0.1) is 25.4 Å². The Hall–Kier alpha value is -1.40. The number of rotatable bonds is 78. The summed E-state index contributed by atoms with van der Waals surface area (Å²) in [5.41, 5.74) is 0. The summed E-state index contributed by atoms with van der Waals surface area (Å²) in [6.07, 6.45) is 98.9. The monoisotopic (exact) mass is 1240 g/mol. The van der Waals surface area contributed by atoms with E-state index in [2.05, 4.69) is 31.3 Å². The number of hydrogen-bond donors (Lipinski definition) is 3. The van der Waals surface area contributed by atoms with Crippen molar-refractivity contribution < 1.29 is 24.5 Å². The van der Waals surface area contributed by atoms with Crippen LogP contribution in [-0.2, 0) is 14.3 Å². The molecule has 0 aliphatic heterocycles. The Balaban J connectivity index is 3.35. The van der Waals surface area contributed by atoms with Crippen molar-refractivity contribution in [1.82, 2.24) is 5.32 Å². The van der Waals surface area contributed by atoms with Gasteiger partial charge in [0, 0.05) is 12.8 Å². The first-order valence-corrected chi connectivity index (χ1v) is 40.9. The van der Waals surface area contributed by atoms with Gasteiger partial charge in [0.15, 0.2) is 0 Å². The zero-order chi connectivity index (χ0) is 63.5. The molecule has 0 aromatic carbocycles. The predicted molar refractivity (Wildman–Crippen MR) is 389 cm³/mol. The molecule has 6 nitrogen and oxygen atoms in total. The Bertz CT molecular complexity index is 1340. The lowest BCUT2D eigenvalue weighted by atomic mass is 10.0. The Kier molecular flexibility index (Phi) is 76.8. The van der Waals surface area contributed by atoms with Gasteiger partial charge in [-0.2, -0.15) is 0 Å². The molecular formula is C82H161NO5. The first-order chi connectivity index (χ1) is 43.5. The molecule has 524 valence electrons. The van der Waals surface area contributed by atoms with Crippen LogP contribution in [0.1, 0.15) is 476 Å². The number of carbonyl (C=O) groups excluding carboxylic acids is 2. The second kappa shape index (κ2) is 78.0. The molecule has 2 unspecified atom stereocenters. The second-order valence-corrected chi connectivity index (χ2v) is 28.5. The molecular weight excluding hydrogens is 1080 g/mol. The van der Waals surface area contributed by atoms with Crippen LogP contribution < -0.4 is 5.32 Å². The van der Waals surface area contributed by atoms with Crippen LogP contribution in [0.15, 0.2) is 12.2 Å². The lowest BCUT2D eigenvalue weighted by molar-refractivity contribution is -0.143. The van der Waals surface area contributed by atoms with Crippen molar-refractivity contribution in [2.24, 2.45) is 0 Å². The van der Waals surface area contributed by atoms with Crippen LogP contribution in [0.5, 0.6) is 0 Å². The minimum atomic E-state index is -0.664. The molecule has 0 aromatic heterocycles. The molecule has 0 aliphatic rings. The van der Waals surface area contributed by atoms with Crippen molar-refractivity contribution in [3.05, 3.63) is 12.2 Å². The number of nitrogens with one attached hydrogen (secondary N) is 1. The van der Waals surface area contributed by atoms with E-state index in [4.69, 9.17) is 4.74 Å². The zero-order valence-corrected chi connectivity index (χ0v) is 60.3. The third-order valence-electron chi connectivity index (χ3n) is 19.6. The van der Waals surface area contributed by atoms with E-state index in [0.717, 1.165) is 38.5 Å². The van der Waals surface area contributed by atoms with Gasteiger partial charge in [0.1, 0.15) is 0 Å². The molecule has 0 aliphatic carbocycles. The molecule has 1 amide bonds. The molecule has 0 rings (SSSR count). The normalized spacial score (nSPS) is 12.5. The fourth-order valence-electron chi connectivity index (χ4n) is 13.3. The van der Waals surface area contributed by atoms with Gasteiger partial charge in [-0.15, -0.1) is 0 Å². The highest BCUT2D eigenvalue weighted by atomic mass is 16.5. The molecule has 0 radical (unpaired) electrons. The summed E-state index contributed by atoms with van der Waals surface area (Å²) >= 11 is 0. The Morgan fingerprint density at radius 2 is 0.534 bits per heavy atom. The van der Waals surface area contributed by atoms with Crippen molar-refractivity contribution in [1.29, 1.82) is 0 Å². The zero-order valence-electron chi connectivity index (χ0n) is 60.3. The van der Waals surface area contributed by atoms with Crippen molar-refractivity contribution in [2.75, 3.05) is 13.2 Å². The summed E-state index contributed by atoms with van der Waals surface area (Å²) in [5, 5.41) is 23.5. The molecule has 0 bridgehead atoms. The maximum absolute atomic E-state index is 12.6. The lowest BCUT2D eigenvalue weighted by Gasteiger charge is -2.22. The minimum absolute atomic E-state index is 0.0219. The standard InChI is InChI=1S/C82H161NO5/c1-3-5-7-9-11-13-15-17-19-20-21-22-23-32-35-38-41-44-47-50-54-58-62-66-70-74-80(85)79(78-84)83-81(86)75-71-67-63-59-55-51-48-45-42-39-36-33-30-28-26-24-25-27-29-31-34-37-40-43-46-49-53-57-61-65-69-73-77-88-82(87)76-72-68-64-60-56-52-18-16-14-12-10-8-6-4-2/h27,29,79-80,84-85H,3-26,28,30-78H2,1-2H3,(H,83,86)/b29-27-. The number of unbranched alkanes of at least 4 members (excludes halogenated alkanes) is 65. The van der Waals surface area contributed by atoms with Crippen LogP contribution in [0.3, 0.4) is 0 Å². The first-order valence-electron chi connectivity index (χ1n) is 40.9. The van der Waals surface area contributed by atoms with Crippen LogP contribution in [0.4, 0.5) is 0 Å². The number of aliphatic hydroxyl groups is 2. The largest absolute Gasteiger partial charge is 0.466 e. The SMILES string of the molecule is CCCCCCCCCCCCCCCCCCCCCCCCCCCC(O)C(CO)NC(=O)CCCCCCCCCCCCCCCCCC/C=C\CCCCCCCCCCCCCCOC(=O)CCCCCCCCCCCCCCCC. The van der Waals surface area contributed by atoms with Gasteiger partial charge in [-0.25, -0.2) is 0 Å². The highest BCUT2D eigenvalue weighted by Gasteiger charge is 2.20. The number of amides is 1. The average Bonchev–Trinajstić information content (AvgIpc) is 3.58. The molecule has 0 saturated heterocycles. The summed E-state index contributed by atoms with van der Waals surface area (Å²) in [7, 11) is 0. The molecule has 2 atom stereocenters. The first kappa shape index (κ1) is 86.6. The number of ether oxygens (including phenoxy) is 1. The van der Waals surface area contributed by atoms with Gasteiger partial charge >= 0.3 is 5.97 Å². The maximum Gasteiger partial charge on any atom is 0.305 e. The Morgan fingerprint density at radius 3 is 0.807 bits per heavy atom. The van der Waals surface area contributed by atoms with Crippen molar-refractivity contribution >= 4 is 11.9 Å². The molecule has 6 heteroatoms. The van der Waals surface area contributed by atoms with Crippen LogP contribution in [0, 0.1) is 0 Å². The van der Waals surface area contributed by atoms with E-state index < -0.39 is 12.1 Å². The van der Waals surface area contributed by atoms with Gasteiger partial charge < -0.3 is 20.3 Å². The van der Waals surface area contributed by atoms with Crippen LogP contribution >= 0.6 is 0 Å². The van der Waals surface area contributed by atoms with E-state index in [0.29, 0.717) is 25.9 Å². The van der Waals surface area contributed by atoms with E-state index in [1.807, 2.05) is 0 Å². The average molecular weight is 1240 g/mol. The van der Waals surface area contributed by atoms with E-state index in [1.54, 1.807) is 0 Å². The van der Waals surface area contributed by atoms with Crippen LogP contribution in [0.2, 0.25) is 0 Å². The van der Waals surface area contributed by atoms with Gasteiger partial charge in [-0.05, 0) is 51.4 Å². The highest BCUT2D eigenvalue weighted by molar-refractivity contribution is 5.76. The molecule has 0 aromatic rings. The lowest BCUT2D eigenvalue weighted by Crippen LogP contribution is -2.45. The van der Waals surface area contributed by atoms with E-state index >= 15 is 0 Å². The van der Waals surface area contributed by atoms with E-state index in [9.17, 15) is 19.8 Å². The smallest absolute Gasteiger partial charge is 0.305 e. The maximum atomic E-state index is 12.6. The fraction of sp³-hybridized carbons (Fsp3) is 0.951. The Morgan fingerprint density at radius 1 is 0.307 bits per heavy atom. The molecule has 88 heavy (non-hydrogen) atoms. The van der Waals surface area contributed by atoms with Crippen molar-refractivity contribution in [2.45, 2.75) is 488 Å². The fourth-order valence-corrected chi connectivity index (χ4v) is 13.3. The Labute approximate surface area is 552 Å². The van der Waals surface area contributed by atoms with Gasteiger partial charge in [0.2, 0.25) is 5.91 Å². The van der Waals surface area contributed by atoms with Crippen molar-refractivity contribution in [3.63, 3.8) is 0 Å². The molecule has 0 saturated carbocycles. The molecule has 3 N–H and O–H groups in total. The molecule has 0 spiro atoms. The number of aliphatic hydroxyl groups excluding tert-OH is 2. The number of hydrogen-bond acceptors (Lipinski definition) is 5. The van der Waals surface area contributed by atoms with E-state index in [-0.39, 0.29) is 18.5 Å². The summed E-state index contributed by atoms with van der Waals surface area (Å²) in [4.78, 5) is 24.7. The third kappa shape index (κ3) is 73.6. The molecule has 0 heterocycles. The number of allylic oxidation sites excluding steroid dienone is 2. The van der Waals surface area contributed by atoms with Gasteiger partial charge in [-0.1, -0.05) is 424 Å². The van der Waals surface area contributed by atoms with Crippen LogP contribution in [-0.4, -0.2) is 47.4 Å². The number of carbonyl (C=O) groups is 2. The van der Waals surface area contributed by atoms with Gasteiger partial charge in [-0.3, -0.25) is 9.59 Å². The van der Waals surface area contributed by atoms with E-state index in [1.165, 1.54) is 405 Å². The van der Waals surface area contributed by atoms with Crippen LogP contribution in [0.25, 0.3) is 0 Å². The second-order valence-electron chi connectivity index (χ2n) is 28.5. The highest BCUT2D eigenvalue weighted by Crippen LogP contribution is 2.21. The topological polar surface area (TPSA) is 95.9 Å². The summed E-state index contributed by atoms with van der Waals surface area (Å²) in [6.45, 7) is 5.02. The quantitative estimate of drug-likeness (QED) is 0.0320. The third-order valence-corrected chi connectivity index (χ3v) is 19.6. The predicted octanol–water partition coefficient (Wildman–Crippen LogP) is 27.1.